The quantitative estimate of drug-likeness (QED) is 0.666. The molecule has 0 fully saturated rings. The van der Waals surface area contributed by atoms with Gasteiger partial charge >= 0.3 is 0 Å². The van der Waals surface area contributed by atoms with Crippen molar-refractivity contribution in [1.82, 2.24) is 0 Å². The third-order valence-electron chi connectivity index (χ3n) is 2.68. The molecule has 1 radical (unpaired) electrons. The molecule has 0 aliphatic heterocycles. The number of anilines is 2. The van der Waals surface area contributed by atoms with Crippen molar-refractivity contribution in [3.63, 3.8) is 0 Å². The molecule has 0 aromatic heterocycles. The standard InChI is InChI=1S/C14H12ClN2O2/c1-2-10-4-3-5-12(8-10)16-13-7-6-11(15)9-14(13)17(18)19/h3,5-9,16H,2H2,1H3. The number of aryl methyl sites for hydroxylation is 1. The first-order valence-corrected chi connectivity index (χ1v) is 6.19. The fourth-order valence-electron chi connectivity index (χ4n) is 1.71. The Morgan fingerprint density at radius 3 is 2.84 bits per heavy atom. The third kappa shape index (κ3) is 3.23. The van der Waals surface area contributed by atoms with Crippen molar-refractivity contribution in [2.75, 3.05) is 5.32 Å². The minimum absolute atomic E-state index is 0.0432. The maximum atomic E-state index is 11.0. The van der Waals surface area contributed by atoms with Crippen molar-refractivity contribution >= 4 is 28.7 Å². The van der Waals surface area contributed by atoms with Crippen LogP contribution in [-0.2, 0) is 6.42 Å². The van der Waals surface area contributed by atoms with Crippen molar-refractivity contribution in [3.8, 4) is 0 Å². The smallest absolute Gasteiger partial charge is 0.294 e. The van der Waals surface area contributed by atoms with Crippen LogP contribution in [0.1, 0.15) is 12.5 Å². The predicted octanol–water partition coefficient (Wildman–Crippen LogP) is 4.35. The molecule has 1 N–H and O–H groups in total. The van der Waals surface area contributed by atoms with Crippen LogP contribution in [0.15, 0.2) is 36.4 Å². The van der Waals surface area contributed by atoms with Crippen LogP contribution < -0.4 is 5.32 Å². The molecule has 0 aliphatic rings. The number of benzene rings is 2. The summed E-state index contributed by atoms with van der Waals surface area (Å²) < 4.78 is 0. The molecule has 0 amide bonds. The Labute approximate surface area is 116 Å². The van der Waals surface area contributed by atoms with Gasteiger partial charge in [0.25, 0.3) is 5.69 Å². The van der Waals surface area contributed by atoms with Crippen LogP contribution >= 0.6 is 11.6 Å². The van der Waals surface area contributed by atoms with E-state index >= 15 is 0 Å². The molecule has 97 valence electrons. The highest BCUT2D eigenvalue weighted by Gasteiger charge is 2.14. The first kappa shape index (κ1) is 13.4. The van der Waals surface area contributed by atoms with Gasteiger partial charge in [-0.15, -0.1) is 0 Å². The van der Waals surface area contributed by atoms with Gasteiger partial charge in [0.15, 0.2) is 0 Å². The second kappa shape index (κ2) is 5.71. The highest BCUT2D eigenvalue weighted by molar-refractivity contribution is 6.30. The number of halogens is 1. The molecule has 4 nitrogen and oxygen atoms in total. The van der Waals surface area contributed by atoms with Gasteiger partial charge in [0.2, 0.25) is 0 Å². The third-order valence-corrected chi connectivity index (χ3v) is 2.91. The summed E-state index contributed by atoms with van der Waals surface area (Å²) in [4.78, 5) is 10.5. The second-order valence-corrected chi connectivity index (χ2v) is 4.44. The lowest BCUT2D eigenvalue weighted by Crippen LogP contribution is -1.97. The molecular weight excluding hydrogens is 264 g/mol. The maximum absolute atomic E-state index is 11.0. The van der Waals surface area contributed by atoms with Gasteiger partial charge in [-0.25, -0.2) is 0 Å². The van der Waals surface area contributed by atoms with Gasteiger partial charge < -0.3 is 5.32 Å². The van der Waals surface area contributed by atoms with Gasteiger partial charge in [0, 0.05) is 16.8 Å². The van der Waals surface area contributed by atoms with Crippen molar-refractivity contribution < 1.29 is 4.92 Å². The van der Waals surface area contributed by atoms with Gasteiger partial charge in [-0.1, -0.05) is 24.6 Å². The fourth-order valence-corrected chi connectivity index (χ4v) is 1.88. The Bertz CT molecular complexity index is 614. The van der Waals surface area contributed by atoms with Gasteiger partial charge in [0.1, 0.15) is 5.69 Å². The molecule has 2 aromatic carbocycles. The van der Waals surface area contributed by atoms with E-state index in [1.54, 1.807) is 18.2 Å². The normalized spacial score (nSPS) is 10.2. The van der Waals surface area contributed by atoms with E-state index in [9.17, 15) is 10.1 Å². The Balaban J connectivity index is 2.34. The van der Waals surface area contributed by atoms with E-state index in [-0.39, 0.29) is 5.69 Å². The largest absolute Gasteiger partial charge is 0.350 e. The summed E-state index contributed by atoms with van der Waals surface area (Å²) >= 11 is 5.77. The highest BCUT2D eigenvalue weighted by Crippen LogP contribution is 2.30. The minimum Gasteiger partial charge on any atom is -0.350 e. The summed E-state index contributed by atoms with van der Waals surface area (Å²) in [7, 11) is 0. The lowest BCUT2D eigenvalue weighted by atomic mass is 10.1. The first-order chi connectivity index (χ1) is 9.10. The first-order valence-electron chi connectivity index (χ1n) is 5.81. The van der Waals surface area contributed by atoms with Crippen LogP contribution in [-0.4, -0.2) is 4.92 Å². The summed E-state index contributed by atoms with van der Waals surface area (Å²) in [6.07, 6.45) is 0.859. The molecule has 2 rings (SSSR count). The zero-order valence-corrected chi connectivity index (χ0v) is 11.1. The number of nitro groups is 1. The number of nitro benzene ring substituents is 1. The lowest BCUT2D eigenvalue weighted by molar-refractivity contribution is -0.383. The minimum atomic E-state index is -0.454. The molecule has 0 spiro atoms. The van der Waals surface area contributed by atoms with Crippen LogP contribution in [0.3, 0.4) is 0 Å². The lowest BCUT2D eigenvalue weighted by Gasteiger charge is -2.08. The summed E-state index contributed by atoms with van der Waals surface area (Å²) in [6.45, 7) is 2.03. The van der Waals surface area contributed by atoms with Crippen LogP contribution in [0.25, 0.3) is 0 Å². The number of nitrogens with one attached hydrogen (secondary N) is 1. The van der Waals surface area contributed by atoms with E-state index < -0.39 is 4.92 Å². The van der Waals surface area contributed by atoms with Crippen molar-refractivity contribution in [1.29, 1.82) is 0 Å². The van der Waals surface area contributed by atoms with Gasteiger partial charge in [-0.2, -0.15) is 0 Å². The van der Waals surface area contributed by atoms with Crippen molar-refractivity contribution in [2.45, 2.75) is 13.3 Å². The van der Waals surface area contributed by atoms with E-state index in [0.29, 0.717) is 10.7 Å². The fraction of sp³-hybridized carbons (Fsp3) is 0.143. The summed E-state index contributed by atoms with van der Waals surface area (Å²) in [5, 5.41) is 14.4. The number of nitrogens with zero attached hydrogens (tertiary/aromatic N) is 1. The molecule has 0 atom stereocenters. The molecule has 5 heteroatoms. The summed E-state index contributed by atoms with van der Waals surface area (Å²) in [5.74, 6) is 0. The van der Waals surface area contributed by atoms with Gasteiger partial charge in [0.05, 0.1) is 4.92 Å². The van der Waals surface area contributed by atoms with E-state index in [1.807, 2.05) is 19.1 Å². The molecule has 0 aliphatic carbocycles. The zero-order chi connectivity index (χ0) is 13.8. The molecule has 0 saturated carbocycles. The van der Waals surface area contributed by atoms with Crippen LogP contribution in [0, 0.1) is 16.2 Å². The molecule has 0 saturated heterocycles. The molecule has 19 heavy (non-hydrogen) atoms. The highest BCUT2D eigenvalue weighted by atomic mass is 35.5. The molecule has 0 bridgehead atoms. The average Bonchev–Trinajstić information content (AvgIpc) is 2.41. The summed E-state index contributed by atoms with van der Waals surface area (Å²) in [5.41, 5.74) is 2.21. The Hall–Kier alpha value is -2.07. The van der Waals surface area contributed by atoms with Gasteiger partial charge in [-0.05, 0) is 42.3 Å². The number of hydrogen-bond donors (Lipinski definition) is 1. The molecular formula is C14H12ClN2O2. The maximum Gasteiger partial charge on any atom is 0.294 e. The van der Waals surface area contributed by atoms with Crippen molar-refractivity contribution in [2.24, 2.45) is 0 Å². The average molecular weight is 276 g/mol. The molecule has 2 aromatic rings. The monoisotopic (exact) mass is 275 g/mol. The SMILES string of the molecule is CCc1[c]ccc(Nc2ccc(Cl)cc2[N+](=O)[O-])c1. The van der Waals surface area contributed by atoms with E-state index in [1.165, 1.54) is 6.07 Å². The zero-order valence-electron chi connectivity index (χ0n) is 10.3. The predicted molar refractivity (Wildman–Crippen MR) is 76.0 cm³/mol. The van der Waals surface area contributed by atoms with Crippen LogP contribution in [0.2, 0.25) is 5.02 Å². The summed E-state index contributed by atoms with van der Waals surface area (Å²) in [6, 6.07) is 13.2. The molecule has 0 heterocycles. The van der Waals surface area contributed by atoms with E-state index in [4.69, 9.17) is 11.6 Å². The Kier molecular flexibility index (Phi) is 4.02. The number of rotatable bonds is 4. The van der Waals surface area contributed by atoms with Crippen LogP contribution in [0.4, 0.5) is 17.1 Å². The number of hydrogen-bond acceptors (Lipinski definition) is 3. The topological polar surface area (TPSA) is 55.2 Å². The van der Waals surface area contributed by atoms with Crippen LogP contribution in [0.5, 0.6) is 0 Å². The Morgan fingerprint density at radius 1 is 1.37 bits per heavy atom. The van der Waals surface area contributed by atoms with E-state index in [0.717, 1.165) is 17.7 Å². The van der Waals surface area contributed by atoms with E-state index in [2.05, 4.69) is 11.4 Å². The Morgan fingerprint density at radius 2 is 2.16 bits per heavy atom. The second-order valence-electron chi connectivity index (χ2n) is 4.00. The molecule has 0 unspecified atom stereocenters. The van der Waals surface area contributed by atoms with Crippen molar-refractivity contribution in [3.05, 3.63) is 63.2 Å². The van der Waals surface area contributed by atoms with Gasteiger partial charge in [-0.3, -0.25) is 10.1 Å².